The fraction of sp³-hybridized carbons (Fsp3) is 0.922. The zero-order chi connectivity index (χ0) is 59.9. The average Bonchev–Trinajstić information content (AvgIpc) is 3.49. The van der Waals surface area contributed by atoms with Crippen LogP contribution in [0.3, 0.4) is 0 Å². The van der Waals surface area contributed by atoms with Crippen LogP contribution in [0.5, 0.6) is 0 Å². The molecule has 3 N–H and O–H groups in total. The fourth-order valence-corrected chi connectivity index (χ4v) is 12.2. The number of hydrogen-bond acceptors (Lipinski definition) is 5. The summed E-state index contributed by atoms with van der Waals surface area (Å²) >= 11 is 0. The van der Waals surface area contributed by atoms with Gasteiger partial charge in [-0.05, 0) is 77.0 Å². The maximum absolute atomic E-state index is 12.5. The second-order valence-electron chi connectivity index (χ2n) is 26.3. The molecule has 0 spiro atoms. The minimum absolute atomic E-state index is 0.0152. The Labute approximate surface area is 520 Å². The maximum Gasteiger partial charge on any atom is 0.305 e. The van der Waals surface area contributed by atoms with Crippen LogP contribution in [0.2, 0.25) is 0 Å². The zero-order valence-corrected chi connectivity index (χ0v) is 56.5. The van der Waals surface area contributed by atoms with Crippen molar-refractivity contribution in [2.24, 2.45) is 0 Å². The summed E-state index contributed by atoms with van der Waals surface area (Å²) in [6, 6.07) is -0.537. The Bertz CT molecular complexity index is 1300. The van der Waals surface area contributed by atoms with Gasteiger partial charge in [0.1, 0.15) is 0 Å². The van der Waals surface area contributed by atoms with Gasteiger partial charge >= 0.3 is 5.97 Å². The summed E-state index contributed by atoms with van der Waals surface area (Å²) in [5, 5.41) is 23.3. The van der Waals surface area contributed by atoms with Crippen molar-refractivity contribution in [3.8, 4) is 0 Å². The lowest BCUT2D eigenvalue weighted by molar-refractivity contribution is -0.143. The van der Waals surface area contributed by atoms with E-state index in [1.807, 2.05) is 0 Å². The Morgan fingerprint density at radius 1 is 0.325 bits per heavy atom. The minimum Gasteiger partial charge on any atom is -0.466 e. The first-order valence-electron chi connectivity index (χ1n) is 38.1. The molecule has 0 bridgehead atoms. The van der Waals surface area contributed by atoms with E-state index in [4.69, 9.17) is 4.74 Å². The van der Waals surface area contributed by atoms with Crippen LogP contribution in [0.1, 0.15) is 431 Å². The molecule has 0 saturated heterocycles. The lowest BCUT2D eigenvalue weighted by Gasteiger charge is -2.22. The third kappa shape index (κ3) is 69.3. The predicted octanol–water partition coefficient (Wildman–Crippen LogP) is 24.9. The summed E-state index contributed by atoms with van der Waals surface area (Å²) in [4.78, 5) is 24.6. The van der Waals surface area contributed by atoms with Crippen LogP contribution in [0, 0.1) is 0 Å². The van der Waals surface area contributed by atoms with Crippen molar-refractivity contribution in [1.29, 1.82) is 0 Å². The van der Waals surface area contributed by atoms with Gasteiger partial charge in [0.2, 0.25) is 5.91 Å². The number of carbonyl (C=O) groups is 2. The summed E-state index contributed by atoms with van der Waals surface area (Å²) in [6.45, 7) is 4.98. The van der Waals surface area contributed by atoms with E-state index in [9.17, 15) is 19.8 Å². The second-order valence-corrected chi connectivity index (χ2v) is 26.3. The first kappa shape index (κ1) is 81.3. The van der Waals surface area contributed by atoms with Crippen LogP contribution >= 0.6 is 0 Å². The molecule has 0 aromatic carbocycles. The quantitative estimate of drug-likeness (QED) is 0.0320. The number of amides is 1. The van der Waals surface area contributed by atoms with Crippen LogP contribution in [0.15, 0.2) is 24.3 Å². The molecule has 6 heteroatoms. The third-order valence-electron chi connectivity index (χ3n) is 18.0. The summed E-state index contributed by atoms with van der Waals surface area (Å²) in [5.74, 6) is -0.0135. The molecule has 0 saturated carbocycles. The number of allylic oxidation sites excluding steroid dienone is 4. The van der Waals surface area contributed by atoms with E-state index in [1.54, 1.807) is 0 Å². The number of nitrogens with one attached hydrogen (secondary N) is 1. The molecule has 0 rings (SSSR count). The second kappa shape index (κ2) is 72.8. The molecule has 0 fully saturated rings. The van der Waals surface area contributed by atoms with Gasteiger partial charge in [-0.1, -0.05) is 366 Å². The maximum atomic E-state index is 12.5. The molecule has 6 nitrogen and oxygen atoms in total. The summed E-state index contributed by atoms with van der Waals surface area (Å²) in [6.07, 6.45) is 92.7. The molecule has 2 atom stereocenters. The smallest absolute Gasteiger partial charge is 0.305 e. The molecule has 0 aromatic heterocycles. The number of hydrogen-bond donors (Lipinski definition) is 3. The molecule has 1 amide bonds. The van der Waals surface area contributed by atoms with Crippen molar-refractivity contribution in [3.05, 3.63) is 24.3 Å². The number of unbranched alkanes of at least 4 members (excludes halogenated alkanes) is 57. The van der Waals surface area contributed by atoms with Crippen molar-refractivity contribution in [3.63, 3.8) is 0 Å². The van der Waals surface area contributed by atoms with Crippen molar-refractivity contribution >= 4 is 11.9 Å². The number of ether oxygens (including phenoxy) is 1. The molecule has 0 aliphatic rings. The van der Waals surface area contributed by atoms with Crippen LogP contribution in [0.4, 0.5) is 0 Å². The fourth-order valence-electron chi connectivity index (χ4n) is 12.2. The number of aliphatic hydroxyl groups excluding tert-OH is 2. The van der Waals surface area contributed by atoms with E-state index in [2.05, 4.69) is 43.5 Å². The van der Waals surface area contributed by atoms with Crippen LogP contribution in [-0.4, -0.2) is 47.4 Å². The van der Waals surface area contributed by atoms with Crippen LogP contribution in [0.25, 0.3) is 0 Å². The lowest BCUT2D eigenvalue weighted by Crippen LogP contribution is -2.45. The normalized spacial score (nSPS) is 12.6. The summed E-state index contributed by atoms with van der Waals surface area (Å²) in [7, 11) is 0. The Kier molecular flexibility index (Phi) is 71.4. The molecule has 0 aliphatic carbocycles. The van der Waals surface area contributed by atoms with Gasteiger partial charge in [0.05, 0.1) is 25.4 Å². The minimum atomic E-state index is -0.660. The van der Waals surface area contributed by atoms with Gasteiger partial charge in [0.25, 0.3) is 0 Å². The van der Waals surface area contributed by atoms with Gasteiger partial charge in [-0.15, -0.1) is 0 Å². The van der Waals surface area contributed by atoms with Gasteiger partial charge in [0.15, 0.2) is 0 Å². The van der Waals surface area contributed by atoms with Crippen molar-refractivity contribution in [2.45, 2.75) is 443 Å². The highest BCUT2D eigenvalue weighted by molar-refractivity contribution is 5.76. The summed E-state index contributed by atoms with van der Waals surface area (Å²) < 4.78 is 5.50. The SMILES string of the molecule is CCCCCCCC/C=C\CCCCCCCC(=O)OCCCCCCCCCCCCCCCCCCCC/C=C\CCCCCCCCCCCCCCCCCCCC(=O)NC(CO)C(O)CCCCCCCCCCCCCC. The zero-order valence-electron chi connectivity index (χ0n) is 56.5. The molecular formula is C77H149NO5. The first-order valence-corrected chi connectivity index (χ1v) is 38.1. The van der Waals surface area contributed by atoms with Gasteiger partial charge in [0, 0.05) is 12.8 Å². The van der Waals surface area contributed by atoms with E-state index >= 15 is 0 Å². The third-order valence-corrected chi connectivity index (χ3v) is 18.0. The largest absolute Gasteiger partial charge is 0.466 e. The summed E-state index contributed by atoms with van der Waals surface area (Å²) in [5.41, 5.74) is 0. The highest BCUT2D eigenvalue weighted by atomic mass is 16.5. The van der Waals surface area contributed by atoms with Gasteiger partial charge in [-0.2, -0.15) is 0 Å². The Morgan fingerprint density at radius 3 is 0.855 bits per heavy atom. The van der Waals surface area contributed by atoms with E-state index in [1.165, 1.54) is 353 Å². The first-order chi connectivity index (χ1) is 41.0. The van der Waals surface area contributed by atoms with Crippen molar-refractivity contribution < 1.29 is 24.5 Å². The molecular weight excluding hydrogens is 1020 g/mol. The lowest BCUT2D eigenvalue weighted by atomic mass is 10.0. The number of aliphatic hydroxyl groups is 2. The van der Waals surface area contributed by atoms with E-state index in [0.29, 0.717) is 25.9 Å². The topological polar surface area (TPSA) is 95.9 Å². The van der Waals surface area contributed by atoms with Crippen LogP contribution < -0.4 is 5.32 Å². The number of carbonyl (C=O) groups excluding carboxylic acids is 2. The van der Waals surface area contributed by atoms with E-state index in [-0.39, 0.29) is 18.5 Å². The molecule has 2 unspecified atom stereocenters. The molecule has 0 heterocycles. The van der Waals surface area contributed by atoms with Gasteiger partial charge in [-0.3, -0.25) is 9.59 Å². The van der Waals surface area contributed by atoms with Crippen molar-refractivity contribution in [1.82, 2.24) is 5.32 Å². The van der Waals surface area contributed by atoms with E-state index in [0.717, 1.165) is 44.9 Å². The molecule has 492 valence electrons. The van der Waals surface area contributed by atoms with E-state index < -0.39 is 12.1 Å². The predicted molar refractivity (Wildman–Crippen MR) is 366 cm³/mol. The number of rotatable bonds is 72. The van der Waals surface area contributed by atoms with Gasteiger partial charge in [-0.25, -0.2) is 0 Å². The average molecular weight is 1170 g/mol. The van der Waals surface area contributed by atoms with Gasteiger partial charge < -0.3 is 20.3 Å². The molecule has 0 aliphatic heterocycles. The Balaban J connectivity index is 3.30. The monoisotopic (exact) mass is 1170 g/mol. The molecule has 83 heavy (non-hydrogen) atoms. The number of esters is 1. The van der Waals surface area contributed by atoms with Crippen LogP contribution in [-0.2, 0) is 14.3 Å². The molecule has 0 radical (unpaired) electrons. The van der Waals surface area contributed by atoms with Crippen molar-refractivity contribution in [2.75, 3.05) is 13.2 Å². The standard InChI is InChI=1S/C77H149NO5/c1-3-5-7-9-11-13-15-17-43-47-51-55-59-63-67-71-77(82)83-72-68-64-60-56-52-48-45-42-40-38-36-34-32-30-28-26-24-22-20-18-19-21-23-25-27-29-31-33-35-37-39-41-44-46-50-54-58-62-66-70-76(81)78-74(73-79)75(80)69-65-61-57-53-49-16-14-12-10-8-6-4-2/h17-19,43,74-75,79-80H,3-16,20-42,44-73H2,1-2H3,(H,78,81)/b19-18-,43-17-. The Hall–Kier alpha value is -1.66. The Morgan fingerprint density at radius 2 is 0.566 bits per heavy atom. The highest BCUT2D eigenvalue weighted by Gasteiger charge is 2.20. The molecule has 0 aromatic rings. The highest BCUT2D eigenvalue weighted by Crippen LogP contribution is 2.19.